The van der Waals surface area contributed by atoms with Crippen molar-refractivity contribution >= 4 is 16.9 Å². The molecule has 4 nitrogen and oxygen atoms in total. The molecule has 0 spiro atoms. The van der Waals surface area contributed by atoms with Crippen LogP contribution in [0.25, 0.3) is 11.2 Å². The second kappa shape index (κ2) is 3.14. The highest BCUT2D eigenvalue weighted by atomic mass is 16.1. The van der Waals surface area contributed by atoms with Crippen molar-refractivity contribution in [1.82, 2.24) is 15.0 Å². The van der Waals surface area contributed by atoms with Gasteiger partial charge in [0.25, 0.3) is 0 Å². The number of carbonyl (C=O) groups is 1. The summed E-state index contributed by atoms with van der Waals surface area (Å²) in [6.07, 6.45) is 1.64. The number of hydrogen-bond acceptors (Lipinski definition) is 4. The molecule has 4 heteroatoms. The fourth-order valence-corrected chi connectivity index (χ4v) is 1.32. The number of rotatable bonds is 1. The molecule has 0 aliphatic carbocycles. The van der Waals surface area contributed by atoms with Gasteiger partial charge in [-0.05, 0) is 19.1 Å². The third-order valence-corrected chi connectivity index (χ3v) is 1.95. The standard InChI is InChI=1S/C10H9N3O/c1-6-9(7(2)14)13-10-8(12-6)4-3-5-11-10/h3-5H,1-2H3. The summed E-state index contributed by atoms with van der Waals surface area (Å²) in [5.74, 6) is -0.0810. The first-order valence-corrected chi connectivity index (χ1v) is 4.29. The SMILES string of the molecule is CC(=O)c1nc2ncccc2nc1C. The van der Waals surface area contributed by atoms with Crippen LogP contribution < -0.4 is 0 Å². The number of ketones is 1. The van der Waals surface area contributed by atoms with E-state index in [0.29, 0.717) is 17.0 Å². The van der Waals surface area contributed by atoms with E-state index in [0.717, 1.165) is 5.52 Å². The number of Topliss-reactive ketones (excluding diaryl/α,β-unsaturated/α-hetero) is 1. The van der Waals surface area contributed by atoms with E-state index in [1.165, 1.54) is 6.92 Å². The van der Waals surface area contributed by atoms with Gasteiger partial charge < -0.3 is 0 Å². The number of nitrogens with zero attached hydrogens (tertiary/aromatic N) is 3. The zero-order valence-electron chi connectivity index (χ0n) is 7.98. The van der Waals surface area contributed by atoms with E-state index in [1.807, 2.05) is 6.07 Å². The normalized spacial score (nSPS) is 10.4. The molecule has 14 heavy (non-hydrogen) atoms. The van der Waals surface area contributed by atoms with Crippen LogP contribution in [0.15, 0.2) is 18.3 Å². The molecule has 0 saturated heterocycles. The van der Waals surface area contributed by atoms with Crippen LogP contribution in [0.2, 0.25) is 0 Å². The van der Waals surface area contributed by atoms with E-state index in [4.69, 9.17) is 0 Å². The molecule has 0 aromatic carbocycles. The highest BCUT2D eigenvalue weighted by molar-refractivity contribution is 5.94. The van der Waals surface area contributed by atoms with Crippen molar-refractivity contribution in [2.24, 2.45) is 0 Å². The van der Waals surface area contributed by atoms with Crippen molar-refractivity contribution in [3.8, 4) is 0 Å². The van der Waals surface area contributed by atoms with Crippen molar-refractivity contribution in [2.45, 2.75) is 13.8 Å². The van der Waals surface area contributed by atoms with Crippen molar-refractivity contribution in [1.29, 1.82) is 0 Å². The smallest absolute Gasteiger partial charge is 0.180 e. The molecule has 0 aliphatic rings. The van der Waals surface area contributed by atoms with Gasteiger partial charge in [-0.2, -0.15) is 0 Å². The van der Waals surface area contributed by atoms with Crippen molar-refractivity contribution in [3.63, 3.8) is 0 Å². The van der Waals surface area contributed by atoms with E-state index in [2.05, 4.69) is 15.0 Å². The quantitative estimate of drug-likeness (QED) is 0.635. The Morgan fingerprint density at radius 3 is 2.86 bits per heavy atom. The molecule has 70 valence electrons. The van der Waals surface area contributed by atoms with E-state index in [1.54, 1.807) is 19.2 Å². The Balaban J connectivity index is 2.77. The van der Waals surface area contributed by atoms with Gasteiger partial charge >= 0.3 is 0 Å². The summed E-state index contributed by atoms with van der Waals surface area (Å²) in [6.45, 7) is 3.25. The van der Waals surface area contributed by atoms with Crippen LogP contribution in [0.3, 0.4) is 0 Å². The molecule has 0 atom stereocenters. The highest BCUT2D eigenvalue weighted by Gasteiger charge is 2.08. The molecule has 2 aromatic rings. The zero-order valence-corrected chi connectivity index (χ0v) is 7.98. The second-order valence-corrected chi connectivity index (χ2v) is 3.06. The molecule has 0 saturated carbocycles. The van der Waals surface area contributed by atoms with Crippen LogP contribution in [-0.2, 0) is 0 Å². The van der Waals surface area contributed by atoms with Gasteiger partial charge in [-0.15, -0.1) is 0 Å². The molecule has 2 rings (SSSR count). The molecular weight excluding hydrogens is 178 g/mol. The average Bonchev–Trinajstić information content (AvgIpc) is 2.16. The Hall–Kier alpha value is -1.84. The lowest BCUT2D eigenvalue weighted by molar-refractivity contribution is 0.101. The average molecular weight is 187 g/mol. The molecule has 0 amide bonds. The third-order valence-electron chi connectivity index (χ3n) is 1.95. The Kier molecular flexibility index (Phi) is 1.96. The molecule has 0 bridgehead atoms. The van der Waals surface area contributed by atoms with Crippen molar-refractivity contribution < 1.29 is 4.79 Å². The summed E-state index contributed by atoms with van der Waals surface area (Å²) in [7, 11) is 0. The number of hydrogen-bond donors (Lipinski definition) is 0. The van der Waals surface area contributed by atoms with E-state index >= 15 is 0 Å². The maximum absolute atomic E-state index is 11.2. The predicted molar refractivity (Wildman–Crippen MR) is 52.1 cm³/mol. The number of pyridine rings is 1. The van der Waals surface area contributed by atoms with Gasteiger partial charge in [-0.3, -0.25) is 4.79 Å². The van der Waals surface area contributed by atoms with Gasteiger partial charge in [-0.1, -0.05) is 0 Å². The number of aryl methyl sites for hydroxylation is 1. The summed E-state index contributed by atoms with van der Waals surface area (Å²) in [5, 5.41) is 0. The van der Waals surface area contributed by atoms with Gasteiger partial charge in [0.15, 0.2) is 11.4 Å². The fraction of sp³-hybridized carbons (Fsp3) is 0.200. The van der Waals surface area contributed by atoms with E-state index in [-0.39, 0.29) is 5.78 Å². The lowest BCUT2D eigenvalue weighted by atomic mass is 10.2. The van der Waals surface area contributed by atoms with Gasteiger partial charge in [0, 0.05) is 13.1 Å². The molecule has 2 aromatic heterocycles. The van der Waals surface area contributed by atoms with Gasteiger partial charge in [0.1, 0.15) is 11.2 Å². The Morgan fingerprint density at radius 1 is 1.36 bits per heavy atom. The molecule has 0 radical (unpaired) electrons. The largest absolute Gasteiger partial charge is 0.293 e. The van der Waals surface area contributed by atoms with Gasteiger partial charge in [0.2, 0.25) is 0 Å². The minimum absolute atomic E-state index is 0.0810. The Labute approximate surface area is 81.0 Å². The van der Waals surface area contributed by atoms with E-state index in [9.17, 15) is 4.79 Å². The summed E-state index contributed by atoms with van der Waals surface area (Å²) in [5.41, 5.74) is 2.28. The number of carbonyl (C=O) groups excluding carboxylic acids is 1. The molecular formula is C10H9N3O. The molecule has 0 fully saturated rings. The third kappa shape index (κ3) is 1.35. The minimum atomic E-state index is -0.0810. The van der Waals surface area contributed by atoms with E-state index < -0.39 is 0 Å². The van der Waals surface area contributed by atoms with Gasteiger partial charge in [0.05, 0.1) is 5.69 Å². The maximum Gasteiger partial charge on any atom is 0.180 e. The first-order chi connectivity index (χ1) is 6.68. The summed E-state index contributed by atoms with van der Waals surface area (Å²) in [6, 6.07) is 3.62. The van der Waals surface area contributed by atoms with Crippen LogP contribution in [-0.4, -0.2) is 20.7 Å². The summed E-state index contributed by atoms with van der Waals surface area (Å²) >= 11 is 0. The summed E-state index contributed by atoms with van der Waals surface area (Å²) in [4.78, 5) is 23.6. The Morgan fingerprint density at radius 2 is 2.14 bits per heavy atom. The van der Waals surface area contributed by atoms with Crippen LogP contribution in [0, 0.1) is 6.92 Å². The van der Waals surface area contributed by atoms with Crippen LogP contribution in [0.1, 0.15) is 23.1 Å². The zero-order chi connectivity index (χ0) is 10.1. The molecule has 0 aliphatic heterocycles. The highest BCUT2D eigenvalue weighted by Crippen LogP contribution is 2.09. The van der Waals surface area contributed by atoms with Crippen LogP contribution >= 0.6 is 0 Å². The lowest BCUT2D eigenvalue weighted by Gasteiger charge is -2.01. The van der Waals surface area contributed by atoms with Crippen LogP contribution in [0.5, 0.6) is 0 Å². The second-order valence-electron chi connectivity index (χ2n) is 3.06. The van der Waals surface area contributed by atoms with Gasteiger partial charge in [-0.25, -0.2) is 15.0 Å². The lowest BCUT2D eigenvalue weighted by Crippen LogP contribution is -2.03. The molecule has 0 unspecified atom stereocenters. The first kappa shape index (κ1) is 8.74. The maximum atomic E-state index is 11.2. The monoisotopic (exact) mass is 187 g/mol. The topological polar surface area (TPSA) is 55.7 Å². The number of fused-ring (bicyclic) bond motifs is 1. The summed E-state index contributed by atoms with van der Waals surface area (Å²) < 4.78 is 0. The minimum Gasteiger partial charge on any atom is -0.293 e. The fourth-order valence-electron chi connectivity index (χ4n) is 1.32. The molecule has 0 N–H and O–H groups in total. The Bertz CT molecular complexity index is 508. The van der Waals surface area contributed by atoms with Crippen LogP contribution in [0.4, 0.5) is 0 Å². The number of aromatic nitrogens is 3. The van der Waals surface area contributed by atoms with Crippen molar-refractivity contribution in [2.75, 3.05) is 0 Å². The predicted octanol–water partition coefficient (Wildman–Crippen LogP) is 1.54. The first-order valence-electron chi connectivity index (χ1n) is 4.29. The molecule has 2 heterocycles. The van der Waals surface area contributed by atoms with Crippen molar-refractivity contribution in [3.05, 3.63) is 29.7 Å².